The van der Waals surface area contributed by atoms with Gasteiger partial charge in [0.15, 0.2) is 0 Å². The number of nitrogens with one attached hydrogen (secondary N) is 2. The van der Waals surface area contributed by atoms with Crippen molar-refractivity contribution in [2.24, 2.45) is 11.3 Å². The molecule has 3 rings (SSSR count). The van der Waals surface area contributed by atoms with Crippen LogP contribution >= 0.6 is 11.6 Å². The van der Waals surface area contributed by atoms with Crippen molar-refractivity contribution in [1.82, 2.24) is 10.6 Å². The van der Waals surface area contributed by atoms with Gasteiger partial charge in [-0.1, -0.05) is 50.8 Å². The third kappa shape index (κ3) is 5.95. The molecule has 1 atom stereocenters. The molecule has 0 aromatic heterocycles. The van der Waals surface area contributed by atoms with Gasteiger partial charge in [-0.2, -0.15) is 0 Å². The Morgan fingerprint density at radius 3 is 2.71 bits per heavy atom. The number of carbonyl (C=O) groups is 1. The summed E-state index contributed by atoms with van der Waals surface area (Å²) >= 11 is 6.31. The zero-order valence-electron chi connectivity index (χ0n) is 17.1. The van der Waals surface area contributed by atoms with Gasteiger partial charge in [0.05, 0.1) is 16.7 Å². The molecule has 2 saturated carbocycles. The van der Waals surface area contributed by atoms with E-state index in [0.717, 1.165) is 24.4 Å². The molecular formula is C23H35ClN2O2. The molecule has 0 saturated heterocycles. The number of hydrogen-bond donors (Lipinski definition) is 3. The second-order valence-electron chi connectivity index (χ2n) is 8.60. The molecule has 156 valence electrons. The maximum absolute atomic E-state index is 12.8. The first kappa shape index (κ1) is 23.2. The van der Waals surface area contributed by atoms with Crippen LogP contribution in [0.2, 0.25) is 5.02 Å². The predicted octanol–water partition coefficient (Wildman–Crippen LogP) is 4.27. The minimum Gasteiger partial charge on any atom is -0.392 e. The minimum absolute atomic E-state index is 0. The van der Waals surface area contributed by atoms with Gasteiger partial charge in [0.1, 0.15) is 0 Å². The molecule has 5 heteroatoms. The minimum atomic E-state index is -0.382. The summed E-state index contributed by atoms with van der Waals surface area (Å²) in [7, 11) is 1.83. The molecule has 3 N–H and O–H groups in total. The van der Waals surface area contributed by atoms with Gasteiger partial charge in [0, 0.05) is 13.1 Å². The highest BCUT2D eigenvalue weighted by atomic mass is 35.5. The summed E-state index contributed by atoms with van der Waals surface area (Å²) in [6.07, 6.45) is 10.1. The topological polar surface area (TPSA) is 61.4 Å². The van der Waals surface area contributed by atoms with Gasteiger partial charge in [0.2, 0.25) is 0 Å². The lowest BCUT2D eigenvalue weighted by molar-refractivity contribution is 0.0681. The Morgan fingerprint density at radius 1 is 1.32 bits per heavy atom. The Balaban J connectivity index is 0.00000280. The quantitative estimate of drug-likeness (QED) is 0.604. The van der Waals surface area contributed by atoms with E-state index in [1.54, 1.807) is 6.07 Å². The summed E-state index contributed by atoms with van der Waals surface area (Å²) in [6.45, 7) is 1.34. The first-order valence-electron chi connectivity index (χ1n) is 10.4. The van der Waals surface area contributed by atoms with Crippen molar-refractivity contribution in [3.63, 3.8) is 0 Å². The molecule has 4 nitrogen and oxygen atoms in total. The Hall–Kier alpha value is -1.10. The number of benzene rings is 1. The molecular weight excluding hydrogens is 372 g/mol. The summed E-state index contributed by atoms with van der Waals surface area (Å²) in [5.74, 6) is 0.792. The maximum Gasteiger partial charge on any atom is 0.252 e. The third-order valence-corrected chi connectivity index (χ3v) is 6.80. The molecule has 0 heterocycles. The van der Waals surface area contributed by atoms with Crippen LogP contribution in [-0.2, 0) is 6.42 Å². The summed E-state index contributed by atoms with van der Waals surface area (Å²) in [5, 5.41) is 16.5. The van der Waals surface area contributed by atoms with E-state index in [1.165, 1.54) is 44.9 Å². The predicted molar refractivity (Wildman–Crippen MR) is 116 cm³/mol. The van der Waals surface area contributed by atoms with Gasteiger partial charge >= 0.3 is 0 Å². The Labute approximate surface area is 175 Å². The molecule has 2 radical (unpaired) electrons. The molecule has 2 bridgehead atoms. The summed E-state index contributed by atoms with van der Waals surface area (Å²) in [5.41, 5.74) is 1.89. The number of likely N-dealkylation sites (N-methyl/N-ethyl adjacent to an activating group) is 1. The maximum atomic E-state index is 12.8. The summed E-state index contributed by atoms with van der Waals surface area (Å²) < 4.78 is 0. The number of carbonyl (C=O) groups excluding carboxylic acids is 1. The van der Waals surface area contributed by atoms with E-state index >= 15 is 0 Å². The fourth-order valence-corrected chi connectivity index (χ4v) is 5.21. The highest BCUT2D eigenvalue weighted by Crippen LogP contribution is 2.48. The average Bonchev–Trinajstić information content (AvgIpc) is 2.66. The molecule has 1 amide bonds. The number of rotatable bonds is 8. The molecule has 2 fully saturated rings. The Morgan fingerprint density at radius 2 is 2.04 bits per heavy atom. The second kappa shape index (κ2) is 10.6. The fourth-order valence-electron chi connectivity index (χ4n) is 5.01. The highest BCUT2D eigenvalue weighted by molar-refractivity contribution is 6.33. The van der Waals surface area contributed by atoms with Crippen LogP contribution in [0.15, 0.2) is 18.2 Å². The lowest BCUT2D eigenvalue weighted by atomic mass is 9.62. The lowest BCUT2D eigenvalue weighted by Crippen LogP contribution is -2.43. The number of halogens is 1. The Kier molecular flexibility index (Phi) is 8.79. The second-order valence-corrected chi connectivity index (χ2v) is 9.01. The van der Waals surface area contributed by atoms with Gasteiger partial charge < -0.3 is 15.7 Å². The van der Waals surface area contributed by atoms with Gasteiger partial charge in [-0.05, 0) is 68.2 Å². The zero-order chi connectivity index (χ0) is 19.3. The van der Waals surface area contributed by atoms with E-state index in [-0.39, 0.29) is 19.4 Å². The molecule has 1 aromatic carbocycles. The highest BCUT2D eigenvalue weighted by Gasteiger charge is 2.39. The fraction of sp³-hybridized carbons (Fsp3) is 0.652. The van der Waals surface area contributed by atoms with E-state index in [2.05, 4.69) is 10.6 Å². The number of aryl methyl sites for hydroxylation is 1. The lowest BCUT2D eigenvalue weighted by Gasteiger charge is -2.45. The number of aliphatic hydroxyl groups is 1. The third-order valence-electron chi connectivity index (χ3n) is 6.47. The zero-order valence-corrected chi connectivity index (χ0v) is 17.9. The largest absolute Gasteiger partial charge is 0.392 e. The van der Waals surface area contributed by atoms with Crippen molar-refractivity contribution in [3.05, 3.63) is 41.8 Å². The Bertz CT molecular complexity index is 639. The summed E-state index contributed by atoms with van der Waals surface area (Å²) in [4.78, 5) is 12.8. The molecule has 0 aliphatic heterocycles. The first-order chi connectivity index (χ1) is 13.0. The van der Waals surface area contributed by atoms with E-state index in [0.29, 0.717) is 29.0 Å². The van der Waals surface area contributed by atoms with Crippen LogP contribution < -0.4 is 10.6 Å². The number of amides is 1. The van der Waals surface area contributed by atoms with Crippen LogP contribution in [0.25, 0.3) is 0 Å². The van der Waals surface area contributed by atoms with Gasteiger partial charge in [-0.15, -0.1) is 0 Å². The van der Waals surface area contributed by atoms with Crippen LogP contribution in [0.4, 0.5) is 0 Å². The van der Waals surface area contributed by atoms with Crippen LogP contribution in [-0.4, -0.2) is 37.3 Å². The van der Waals surface area contributed by atoms with Gasteiger partial charge in [-0.25, -0.2) is 0 Å². The van der Waals surface area contributed by atoms with Crippen LogP contribution in [0, 0.1) is 18.8 Å². The SMILES string of the molecule is CNC[C@@H](O)CCc1ccc(Cl)c(C(=O)NCC23CCCC(CCC2)C3)c1.[CH2]. The average molecular weight is 407 g/mol. The van der Waals surface area contributed by atoms with E-state index in [9.17, 15) is 9.90 Å². The standard InChI is InChI=1S/C22H33ClN2O2.CH2/c1-24-14-18(26)8-6-16-7-9-20(23)19(12-16)21(27)25-15-22-10-2-4-17(13-22)5-3-11-22;/h7,9,12,17-18,24,26H,2-6,8,10-11,13-15H2,1H3,(H,25,27);1H2/t17?,18-,22?;/m0./s1. The van der Waals surface area contributed by atoms with Crippen molar-refractivity contribution in [2.75, 3.05) is 20.1 Å². The van der Waals surface area contributed by atoms with Crippen molar-refractivity contribution in [1.29, 1.82) is 0 Å². The molecule has 28 heavy (non-hydrogen) atoms. The van der Waals surface area contributed by atoms with E-state index < -0.39 is 0 Å². The van der Waals surface area contributed by atoms with Crippen molar-refractivity contribution in [2.45, 2.75) is 63.9 Å². The molecule has 2 aliphatic carbocycles. The first-order valence-corrected chi connectivity index (χ1v) is 10.8. The van der Waals surface area contributed by atoms with Gasteiger partial charge in [0.25, 0.3) is 5.91 Å². The van der Waals surface area contributed by atoms with Crippen molar-refractivity contribution >= 4 is 17.5 Å². The molecule has 2 aliphatic rings. The smallest absolute Gasteiger partial charge is 0.252 e. The van der Waals surface area contributed by atoms with Gasteiger partial charge in [-0.3, -0.25) is 4.79 Å². The summed E-state index contributed by atoms with van der Waals surface area (Å²) in [6, 6.07) is 5.62. The number of fused-ring (bicyclic) bond motifs is 2. The molecule has 1 aromatic rings. The van der Waals surface area contributed by atoms with Crippen molar-refractivity contribution in [3.8, 4) is 0 Å². The van der Waals surface area contributed by atoms with E-state index in [4.69, 9.17) is 11.6 Å². The monoisotopic (exact) mass is 406 g/mol. The normalized spacial score (nSPS) is 24.9. The van der Waals surface area contributed by atoms with Crippen molar-refractivity contribution < 1.29 is 9.90 Å². The van der Waals surface area contributed by atoms with Crippen LogP contribution in [0.3, 0.4) is 0 Å². The van der Waals surface area contributed by atoms with E-state index in [1.807, 2.05) is 19.2 Å². The molecule has 0 spiro atoms. The van der Waals surface area contributed by atoms with Crippen LogP contribution in [0.5, 0.6) is 0 Å². The number of hydrogen-bond acceptors (Lipinski definition) is 3. The number of aliphatic hydroxyl groups excluding tert-OH is 1. The molecule has 0 unspecified atom stereocenters. The van der Waals surface area contributed by atoms with Crippen LogP contribution in [0.1, 0.15) is 67.3 Å².